The summed E-state index contributed by atoms with van der Waals surface area (Å²) in [6.07, 6.45) is 13.6. The molecule has 0 aliphatic rings. The van der Waals surface area contributed by atoms with Gasteiger partial charge in [-0.3, -0.25) is 9.59 Å². The van der Waals surface area contributed by atoms with Crippen LogP contribution in [0.15, 0.2) is 48.6 Å². The van der Waals surface area contributed by atoms with E-state index >= 15 is 0 Å². The van der Waals surface area contributed by atoms with Crippen LogP contribution in [-0.2, 0) is 19.2 Å². The molecule has 2 N–H and O–H groups in total. The number of rotatable bonds is 13. The number of carboxylic acid groups (broad SMARTS) is 2. The molecular formula is C32H40O10. The average Bonchev–Trinajstić information content (AvgIpc) is 3.01. The zero-order chi connectivity index (χ0) is 32.5. The minimum absolute atomic E-state index is 0.0605. The van der Waals surface area contributed by atoms with E-state index in [9.17, 15) is 19.2 Å². The molecule has 2 rings (SSSR count). The lowest BCUT2D eigenvalue weighted by atomic mass is 10.1. The van der Waals surface area contributed by atoms with Crippen LogP contribution in [0.1, 0.15) is 64.5 Å². The third-order valence-corrected chi connectivity index (χ3v) is 4.67. The minimum atomic E-state index is -1.09. The van der Waals surface area contributed by atoms with Gasteiger partial charge in [0.05, 0.1) is 14.2 Å². The zero-order valence-electron chi connectivity index (χ0n) is 24.9. The smallest absolute Gasteiger partial charge is 0.328 e. The fourth-order valence-corrected chi connectivity index (χ4v) is 2.97. The lowest BCUT2D eigenvalue weighted by Crippen LogP contribution is -2.11. The maximum Gasteiger partial charge on any atom is 0.328 e. The molecule has 0 fully saturated rings. The maximum atomic E-state index is 12.2. The van der Waals surface area contributed by atoms with Gasteiger partial charge in [0.25, 0.3) is 0 Å². The fourth-order valence-electron chi connectivity index (χ4n) is 2.97. The Morgan fingerprint density at radius 3 is 1.26 bits per heavy atom. The van der Waals surface area contributed by atoms with E-state index in [1.54, 1.807) is 24.3 Å². The van der Waals surface area contributed by atoms with Crippen molar-refractivity contribution >= 4 is 36.0 Å². The van der Waals surface area contributed by atoms with E-state index < -0.39 is 23.9 Å². The molecule has 0 atom stereocenters. The summed E-state index contributed by atoms with van der Waals surface area (Å²) in [5.41, 5.74) is 1.13. The standard InChI is InChI=1S/C26H26O10.2C2H6.C2H2/c1-33-21-15-17(9-13-23(27)28)7-11-19(21)35-25(31)5-3-4-6-26(32)36-20-12-8-18(10-14-24(29)30)16-22(20)34-2;3*1-2/h7-16H,3-6H2,1-2H3,(H,27,28)(H,29,30);2*1-2H3;1-2H/b13-9+,14-10+;;;. The maximum absolute atomic E-state index is 12.2. The Labute approximate surface area is 247 Å². The number of ether oxygens (including phenoxy) is 4. The normalized spacial score (nSPS) is 9.62. The van der Waals surface area contributed by atoms with Crippen molar-refractivity contribution in [3.05, 3.63) is 59.7 Å². The lowest BCUT2D eigenvalue weighted by Gasteiger charge is -2.11. The van der Waals surface area contributed by atoms with E-state index in [-0.39, 0.29) is 35.8 Å². The Balaban J connectivity index is 0. The van der Waals surface area contributed by atoms with Crippen molar-refractivity contribution < 1.29 is 48.3 Å². The van der Waals surface area contributed by atoms with Gasteiger partial charge in [-0.2, -0.15) is 0 Å². The molecule has 228 valence electrons. The van der Waals surface area contributed by atoms with Crippen LogP contribution in [0.5, 0.6) is 23.0 Å². The fraction of sp³-hybridized carbons (Fsp3) is 0.312. The van der Waals surface area contributed by atoms with Crippen molar-refractivity contribution in [1.82, 2.24) is 0 Å². The highest BCUT2D eigenvalue weighted by atomic mass is 16.6. The van der Waals surface area contributed by atoms with Crippen LogP contribution >= 0.6 is 0 Å². The zero-order valence-corrected chi connectivity index (χ0v) is 24.9. The van der Waals surface area contributed by atoms with Crippen LogP contribution in [0.4, 0.5) is 0 Å². The third kappa shape index (κ3) is 16.2. The van der Waals surface area contributed by atoms with Crippen molar-refractivity contribution in [3.8, 4) is 35.8 Å². The van der Waals surface area contributed by atoms with E-state index in [1.165, 1.54) is 38.5 Å². The van der Waals surface area contributed by atoms with Gasteiger partial charge in [-0.15, -0.1) is 12.8 Å². The number of aliphatic carboxylic acids is 2. The van der Waals surface area contributed by atoms with Gasteiger partial charge in [-0.25, -0.2) is 9.59 Å². The van der Waals surface area contributed by atoms with Gasteiger partial charge < -0.3 is 29.2 Å². The first-order chi connectivity index (χ1) is 20.2. The molecule has 0 heterocycles. The van der Waals surface area contributed by atoms with Crippen molar-refractivity contribution in [2.45, 2.75) is 53.4 Å². The molecule has 0 unspecified atom stereocenters. The molecule has 0 radical (unpaired) electrons. The Morgan fingerprint density at radius 2 is 0.976 bits per heavy atom. The van der Waals surface area contributed by atoms with Crippen molar-refractivity contribution in [2.24, 2.45) is 0 Å². The number of hydrogen-bond donors (Lipinski definition) is 2. The van der Waals surface area contributed by atoms with E-state index in [2.05, 4.69) is 12.8 Å². The quantitative estimate of drug-likeness (QED) is 0.0907. The van der Waals surface area contributed by atoms with Gasteiger partial charge in [0.2, 0.25) is 0 Å². The first-order valence-electron chi connectivity index (χ1n) is 13.1. The number of carbonyl (C=O) groups is 4. The molecule has 42 heavy (non-hydrogen) atoms. The molecule has 0 aliphatic carbocycles. The Bertz CT molecular complexity index is 1120. The average molecular weight is 585 g/mol. The highest BCUT2D eigenvalue weighted by molar-refractivity contribution is 5.86. The highest BCUT2D eigenvalue weighted by Gasteiger charge is 2.13. The van der Waals surface area contributed by atoms with E-state index in [0.717, 1.165) is 12.2 Å². The Morgan fingerprint density at radius 1 is 0.643 bits per heavy atom. The minimum Gasteiger partial charge on any atom is -0.493 e. The summed E-state index contributed by atoms with van der Waals surface area (Å²) in [5, 5.41) is 17.4. The van der Waals surface area contributed by atoms with Gasteiger partial charge in [-0.1, -0.05) is 39.8 Å². The van der Waals surface area contributed by atoms with Crippen molar-refractivity contribution in [1.29, 1.82) is 0 Å². The SMILES string of the molecule is C#C.CC.CC.COc1cc(/C=C/C(=O)O)ccc1OC(=O)CCCCC(=O)Oc1ccc(/C=C/C(=O)O)cc1OC. The molecule has 10 nitrogen and oxygen atoms in total. The topological polar surface area (TPSA) is 146 Å². The predicted octanol–water partition coefficient (Wildman–Crippen LogP) is 6.27. The number of hydrogen-bond acceptors (Lipinski definition) is 8. The highest BCUT2D eigenvalue weighted by Crippen LogP contribution is 2.30. The third-order valence-electron chi connectivity index (χ3n) is 4.67. The summed E-state index contributed by atoms with van der Waals surface area (Å²) in [6.45, 7) is 8.00. The van der Waals surface area contributed by atoms with Crippen LogP contribution in [0.2, 0.25) is 0 Å². The van der Waals surface area contributed by atoms with Crippen molar-refractivity contribution in [2.75, 3.05) is 14.2 Å². The lowest BCUT2D eigenvalue weighted by molar-refractivity contribution is -0.136. The van der Waals surface area contributed by atoms with Crippen LogP contribution in [0.3, 0.4) is 0 Å². The number of terminal acetylenes is 1. The van der Waals surface area contributed by atoms with Crippen LogP contribution in [-0.4, -0.2) is 48.3 Å². The van der Waals surface area contributed by atoms with Crippen LogP contribution < -0.4 is 18.9 Å². The number of esters is 2. The molecule has 0 bridgehead atoms. The van der Waals surface area contributed by atoms with E-state index in [0.29, 0.717) is 24.0 Å². The molecule has 2 aromatic carbocycles. The van der Waals surface area contributed by atoms with Gasteiger partial charge >= 0.3 is 23.9 Å². The Kier molecular flexibility index (Phi) is 22.2. The van der Waals surface area contributed by atoms with E-state index in [4.69, 9.17) is 29.2 Å². The summed E-state index contributed by atoms with van der Waals surface area (Å²) in [6, 6.07) is 9.27. The summed E-state index contributed by atoms with van der Waals surface area (Å²) < 4.78 is 21.0. The van der Waals surface area contributed by atoms with Crippen LogP contribution in [0.25, 0.3) is 12.2 Å². The molecule has 0 spiro atoms. The van der Waals surface area contributed by atoms with Gasteiger partial charge in [0, 0.05) is 25.0 Å². The van der Waals surface area contributed by atoms with Crippen LogP contribution in [0, 0.1) is 12.8 Å². The first-order valence-corrected chi connectivity index (χ1v) is 13.1. The molecule has 0 amide bonds. The van der Waals surface area contributed by atoms with E-state index in [1.807, 2.05) is 27.7 Å². The summed E-state index contributed by atoms with van der Waals surface area (Å²) in [5.74, 6) is -2.25. The number of methoxy groups -OCH3 is 2. The molecule has 0 aliphatic heterocycles. The second-order valence-electron chi connectivity index (χ2n) is 7.32. The monoisotopic (exact) mass is 584 g/mol. The summed E-state index contributed by atoms with van der Waals surface area (Å²) in [4.78, 5) is 45.6. The first kappa shape index (κ1) is 39.1. The molecular weight excluding hydrogens is 544 g/mol. The molecule has 10 heteroatoms. The number of unbranched alkanes of at least 4 members (excludes halogenated alkanes) is 1. The largest absolute Gasteiger partial charge is 0.493 e. The van der Waals surface area contributed by atoms with Gasteiger partial charge in [-0.05, 0) is 60.4 Å². The number of benzene rings is 2. The van der Waals surface area contributed by atoms with Gasteiger partial charge in [0.1, 0.15) is 0 Å². The predicted molar refractivity (Wildman–Crippen MR) is 162 cm³/mol. The molecule has 0 saturated carbocycles. The molecule has 2 aromatic rings. The van der Waals surface area contributed by atoms with Gasteiger partial charge in [0.15, 0.2) is 23.0 Å². The molecule has 0 aromatic heterocycles. The van der Waals surface area contributed by atoms with Crippen molar-refractivity contribution in [3.63, 3.8) is 0 Å². The number of carbonyl (C=O) groups excluding carboxylic acids is 2. The number of carboxylic acids is 2. The summed E-state index contributed by atoms with van der Waals surface area (Å²) in [7, 11) is 2.80. The Hall–Kier alpha value is -5.04. The second kappa shape index (κ2) is 23.8. The summed E-state index contributed by atoms with van der Waals surface area (Å²) >= 11 is 0. The molecule has 0 saturated heterocycles. The second-order valence-corrected chi connectivity index (χ2v) is 7.32.